The average molecular weight is 446 g/mol. The molecule has 0 aliphatic heterocycles. The summed E-state index contributed by atoms with van der Waals surface area (Å²) in [7, 11) is -2.20. The van der Waals surface area contributed by atoms with Crippen LogP contribution in [0.15, 0.2) is 34.3 Å². The van der Waals surface area contributed by atoms with E-state index in [0.29, 0.717) is 0 Å². The van der Waals surface area contributed by atoms with Crippen LogP contribution in [0, 0.1) is 0 Å². The van der Waals surface area contributed by atoms with Crippen LogP contribution >= 0.6 is 0 Å². The quantitative estimate of drug-likeness (QED) is 0.559. The Bertz CT molecular complexity index is 1180. The van der Waals surface area contributed by atoms with Gasteiger partial charge in [-0.3, -0.25) is 0 Å². The molecule has 0 bridgehead atoms. The lowest BCUT2D eigenvalue weighted by Gasteiger charge is -2.12. The number of imidazole rings is 1. The van der Waals surface area contributed by atoms with E-state index in [1.54, 1.807) is 6.92 Å². The van der Waals surface area contributed by atoms with Gasteiger partial charge in [0.2, 0.25) is 5.03 Å². The maximum atomic E-state index is 13.0. The molecule has 156 valence electrons. The molecular formula is C17H17F3N4O3S2. The molecule has 3 aromatic heterocycles. The number of nitrogens with zero attached hydrogens (tertiary/aromatic N) is 4. The Hall–Kier alpha value is -2.18. The fourth-order valence-electron chi connectivity index (χ4n) is 2.73. The third kappa shape index (κ3) is 3.96. The third-order valence-electron chi connectivity index (χ3n) is 4.31. The van der Waals surface area contributed by atoms with E-state index in [4.69, 9.17) is 0 Å². The van der Waals surface area contributed by atoms with Gasteiger partial charge in [-0.1, -0.05) is 6.92 Å². The molecule has 1 unspecified atom stereocenters. The van der Waals surface area contributed by atoms with Gasteiger partial charge in [0.1, 0.15) is 17.1 Å². The van der Waals surface area contributed by atoms with Crippen LogP contribution in [0.1, 0.15) is 19.5 Å². The van der Waals surface area contributed by atoms with E-state index in [0.717, 1.165) is 12.3 Å². The number of hydrogen-bond donors (Lipinski definition) is 0. The molecule has 0 fully saturated rings. The molecule has 0 radical (unpaired) electrons. The number of fused-ring (bicyclic) bond motifs is 1. The number of pyridine rings is 2. The smallest absolute Gasteiger partial charge is 0.433 e. The predicted octanol–water partition coefficient (Wildman–Crippen LogP) is 2.97. The lowest BCUT2D eigenvalue weighted by molar-refractivity contribution is -0.141. The fourth-order valence-corrected chi connectivity index (χ4v) is 4.45. The molecule has 3 rings (SSSR count). The van der Waals surface area contributed by atoms with Gasteiger partial charge < -0.3 is 9.12 Å². The van der Waals surface area contributed by atoms with Gasteiger partial charge in [-0.2, -0.15) is 18.2 Å². The Morgan fingerprint density at radius 2 is 1.90 bits per heavy atom. The zero-order chi connectivity index (χ0) is 21.6. The Morgan fingerprint density at radius 1 is 1.21 bits per heavy atom. The minimum Gasteiger partial charge on any atom is -0.610 e. The molecule has 0 saturated heterocycles. The third-order valence-corrected chi connectivity index (χ3v) is 7.29. The maximum Gasteiger partial charge on any atom is 0.433 e. The summed E-state index contributed by atoms with van der Waals surface area (Å²) in [6.07, 6.45) is -3.62. The second-order valence-corrected chi connectivity index (χ2v) is 10.0. The summed E-state index contributed by atoms with van der Waals surface area (Å²) in [5.74, 6) is 0.109. The van der Waals surface area contributed by atoms with Gasteiger partial charge in [0.25, 0.3) is 0 Å². The van der Waals surface area contributed by atoms with Gasteiger partial charge in [0.05, 0.1) is 27.9 Å². The number of halogens is 3. The van der Waals surface area contributed by atoms with Gasteiger partial charge in [0, 0.05) is 24.3 Å². The van der Waals surface area contributed by atoms with Gasteiger partial charge in [0.15, 0.2) is 15.7 Å². The molecule has 3 aromatic rings. The number of hydrogen-bond acceptors (Lipinski definition) is 6. The van der Waals surface area contributed by atoms with Crippen LogP contribution < -0.4 is 0 Å². The van der Waals surface area contributed by atoms with Crippen molar-refractivity contribution in [2.75, 3.05) is 11.5 Å². The average Bonchev–Trinajstić information content (AvgIpc) is 3.02. The molecule has 0 spiro atoms. The van der Waals surface area contributed by atoms with E-state index in [1.807, 2.05) is 0 Å². The summed E-state index contributed by atoms with van der Waals surface area (Å²) in [5.41, 5.74) is -0.895. The van der Waals surface area contributed by atoms with Crippen LogP contribution in [0.2, 0.25) is 0 Å². The first-order valence-corrected chi connectivity index (χ1v) is 11.5. The molecule has 12 heteroatoms. The summed E-state index contributed by atoms with van der Waals surface area (Å²) in [4.78, 5) is 11.7. The normalized spacial score (nSPS) is 13.8. The lowest BCUT2D eigenvalue weighted by Crippen LogP contribution is -2.12. The zero-order valence-corrected chi connectivity index (χ0v) is 17.3. The number of alkyl halides is 3. The van der Waals surface area contributed by atoms with Crippen LogP contribution in [0.3, 0.4) is 0 Å². The van der Waals surface area contributed by atoms with Crippen LogP contribution in [-0.4, -0.2) is 44.0 Å². The molecule has 0 amide bonds. The summed E-state index contributed by atoms with van der Waals surface area (Å²) in [6.45, 7) is 3.15. The Labute approximate surface area is 168 Å². The van der Waals surface area contributed by atoms with E-state index >= 15 is 0 Å². The first kappa shape index (κ1) is 21.5. The minimum atomic E-state index is -4.64. The van der Waals surface area contributed by atoms with Crippen molar-refractivity contribution in [1.29, 1.82) is 0 Å². The van der Waals surface area contributed by atoms with E-state index in [2.05, 4.69) is 15.0 Å². The molecule has 0 N–H and O–H groups in total. The van der Waals surface area contributed by atoms with Crippen molar-refractivity contribution >= 4 is 32.0 Å². The minimum absolute atomic E-state index is 0.00603. The molecule has 0 aliphatic carbocycles. The standard InChI is InChI=1S/C17H17F3N4O3S2/c1-4-28(25)14-7-6-12(29(26,27)5-2)15(23-14)16-22-10-8-13(17(18,19)20)21-9-11(10)24(16)3/h6-9H,4-5H2,1-3H3. The molecule has 1 atom stereocenters. The van der Waals surface area contributed by atoms with Crippen LogP contribution in [-0.2, 0) is 34.2 Å². The number of rotatable bonds is 5. The highest BCUT2D eigenvalue weighted by molar-refractivity contribution is 7.91. The van der Waals surface area contributed by atoms with Gasteiger partial charge >= 0.3 is 6.18 Å². The number of aromatic nitrogens is 4. The highest BCUT2D eigenvalue weighted by Crippen LogP contribution is 2.32. The molecular weight excluding hydrogens is 429 g/mol. The van der Waals surface area contributed by atoms with Crippen molar-refractivity contribution in [1.82, 2.24) is 19.5 Å². The van der Waals surface area contributed by atoms with Crippen LogP contribution in [0.4, 0.5) is 13.2 Å². The molecule has 29 heavy (non-hydrogen) atoms. The van der Waals surface area contributed by atoms with E-state index in [-0.39, 0.29) is 44.0 Å². The Morgan fingerprint density at radius 3 is 2.48 bits per heavy atom. The summed E-state index contributed by atoms with van der Waals surface area (Å²) >= 11 is -1.46. The van der Waals surface area contributed by atoms with Crippen molar-refractivity contribution in [2.45, 2.75) is 29.9 Å². The molecule has 7 nitrogen and oxygen atoms in total. The summed E-state index contributed by atoms with van der Waals surface area (Å²) < 4.78 is 77.6. The van der Waals surface area contributed by atoms with Crippen molar-refractivity contribution in [3.8, 4) is 11.5 Å². The fraction of sp³-hybridized carbons (Fsp3) is 0.353. The van der Waals surface area contributed by atoms with Crippen molar-refractivity contribution in [2.24, 2.45) is 7.05 Å². The first-order chi connectivity index (χ1) is 13.5. The van der Waals surface area contributed by atoms with Crippen LogP contribution in [0.5, 0.6) is 0 Å². The SMILES string of the molecule is CC[S+]([O-])c1ccc(S(=O)(=O)CC)c(-c2nc3cc(C(F)(F)F)ncc3n2C)n1. The number of sulfone groups is 1. The largest absolute Gasteiger partial charge is 0.610 e. The topological polar surface area (TPSA) is 101 Å². The predicted molar refractivity (Wildman–Crippen MR) is 101 cm³/mol. The summed E-state index contributed by atoms with van der Waals surface area (Å²) in [6, 6.07) is 3.47. The molecule has 0 aromatic carbocycles. The highest BCUT2D eigenvalue weighted by Gasteiger charge is 2.33. The van der Waals surface area contributed by atoms with Gasteiger partial charge in [-0.25, -0.2) is 18.4 Å². The van der Waals surface area contributed by atoms with Crippen molar-refractivity contribution in [3.05, 3.63) is 30.1 Å². The Balaban J connectivity index is 2.30. The maximum absolute atomic E-state index is 13.0. The molecule has 0 saturated carbocycles. The Kier molecular flexibility index (Phi) is 5.62. The second kappa shape index (κ2) is 7.58. The zero-order valence-electron chi connectivity index (χ0n) is 15.7. The van der Waals surface area contributed by atoms with E-state index < -0.39 is 32.9 Å². The first-order valence-electron chi connectivity index (χ1n) is 8.51. The van der Waals surface area contributed by atoms with Crippen molar-refractivity contribution in [3.63, 3.8) is 0 Å². The van der Waals surface area contributed by atoms with Gasteiger partial charge in [-0.05, 0) is 19.1 Å². The van der Waals surface area contributed by atoms with E-state index in [9.17, 15) is 26.1 Å². The van der Waals surface area contributed by atoms with Gasteiger partial charge in [-0.15, -0.1) is 0 Å². The van der Waals surface area contributed by atoms with Crippen LogP contribution in [0.25, 0.3) is 22.6 Å². The second-order valence-electron chi connectivity index (χ2n) is 6.08. The van der Waals surface area contributed by atoms with Crippen molar-refractivity contribution < 1.29 is 26.1 Å². The molecule has 0 aliphatic rings. The van der Waals surface area contributed by atoms with E-state index in [1.165, 1.54) is 30.7 Å². The summed E-state index contributed by atoms with van der Waals surface area (Å²) in [5, 5.41) is 0.165. The monoisotopic (exact) mass is 446 g/mol. The molecule has 3 heterocycles. The number of aryl methyl sites for hydroxylation is 1. The highest BCUT2D eigenvalue weighted by atomic mass is 32.2. The lowest BCUT2D eigenvalue weighted by atomic mass is 10.3.